The Morgan fingerprint density at radius 2 is 1.68 bits per heavy atom. The van der Waals surface area contributed by atoms with E-state index >= 15 is 0 Å². The maximum absolute atomic E-state index is 6.13. The zero-order valence-corrected chi connectivity index (χ0v) is 12.1. The molecule has 0 radical (unpaired) electrons. The van der Waals surface area contributed by atoms with Gasteiger partial charge in [-0.3, -0.25) is 0 Å². The van der Waals surface area contributed by atoms with Crippen molar-refractivity contribution in [3.8, 4) is 0 Å². The Balaban J connectivity index is 1.87. The van der Waals surface area contributed by atoms with E-state index in [0.717, 1.165) is 23.7 Å². The molecular weight excluding hydrogens is 256 g/mol. The van der Waals surface area contributed by atoms with Gasteiger partial charge in [-0.2, -0.15) is 0 Å². The van der Waals surface area contributed by atoms with Crippen LogP contribution in [0.5, 0.6) is 0 Å². The highest BCUT2D eigenvalue weighted by Gasteiger charge is 1.99. The molecule has 0 unspecified atom stereocenters. The Kier molecular flexibility index (Phi) is 4.69. The van der Waals surface area contributed by atoms with Crippen molar-refractivity contribution in [1.82, 2.24) is 0 Å². The minimum Gasteiger partial charge on any atom is -0.385 e. The van der Waals surface area contributed by atoms with E-state index in [1.54, 1.807) is 0 Å². The first-order valence-electron chi connectivity index (χ1n) is 6.41. The van der Waals surface area contributed by atoms with Crippen molar-refractivity contribution in [2.24, 2.45) is 0 Å². The van der Waals surface area contributed by atoms with E-state index in [4.69, 9.17) is 11.6 Å². The Morgan fingerprint density at radius 1 is 1.00 bits per heavy atom. The van der Waals surface area contributed by atoms with Crippen LogP contribution in [0.4, 0.5) is 11.4 Å². The van der Waals surface area contributed by atoms with Gasteiger partial charge in [0.05, 0.1) is 0 Å². The minimum atomic E-state index is 0.840. The van der Waals surface area contributed by atoms with E-state index in [-0.39, 0.29) is 0 Å². The van der Waals surface area contributed by atoms with Crippen molar-refractivity contribution in [3.05, 3.63) is 59.1 Å². The fourth-order valence-electron chi connectivity index (χ4n) is 1.92. The van der Waals surface area contributed by atoms with E-state index in [9.17, 15) is 0 Å². The highest BCUT2D eigenvalue weighted by molar-refractivity contribution is 6.31. The van der Waals surface area contributed by atoms with E-state index < -0.39 is 0 Å². The predicted molar refractivity (Wildman–Crippen MR) is 84.4 cm³/mol. The molecule has 2 rings (SSSR count). The molecule has 1 N–H and O–H groups in total. The normalized spacial score (nSPS) is 10.3. The van der Waals surface area contributed by atoms with Crippen molar-refractivity contribution in [3.63, 3.8) is 0 Å². The zero-order valence-electron chi connectivity index (χ0n) is 11.4. The van der Waals surface area contributed by atoms with Gasteiger partial charge in [0.15, 0.2) is 0 Å². The van der Waals surface area contributed by atoms with Crippen molar-refractivity contribution in [2.45, 2.75) is 6.42 Å². The first kappa shape index (κ1) is 13.8. The third-order valence-electron chi connectivity index (χ3n) is 3.07. The molecule has 2 aromatic rings. The molecule has 0 aromatic heterocycles. The highest BCUT2D eigenvalue weighted by Crippen LogP contribution is 2.17. The molecular formula is C16H19ClN2. The van der Waals surface area contributed by atoms with E-state index in [0.29, 0.717) is 0 Å². The smallest absolute Gasteiger partial charge is 0.0438 e. The molecule has 0 aliphatic carbocycles. The highest BCUT2D eigenvalue weighted by atomic mass is 35.5. The molecule has 0 aliphatic rings. The number of benzene rings is 2. The Bertz CT molecular complexity index is 521. The van der Waals surface area contributed by atoms with Crippen LogP contribution in [0.25, 0.3) is 0 Å². The van der Waals surface area contributed by atoms with Crippen molar-refractivity contribution >= 4 is 23.0 Å². The van der Waals surface area contributed by atoms with Gasteiger partial charge in [0, 0.05) is 37.0 Å². The van der Waals surface area contributed by atoms with Gasteiger partial charge < -0.3 is 10.2 Å². The second-order valence-corrected chi connectivity index (χ2v) is 5.12. The number of hydrogen-bond acceptors (Lipinski definition) is 2. The quantitative estimate of drug-likeness (QED) is 0.884. The zero-order chi connectivity index (χ0) is 13.7. The lowest BCUT2D eigenvalue weighted by molar-refractivity contribution is 1.02. The molecule has 0 atom stereocenters. The first-order chi connectivity index (χ1) is 9.16. The summed E-state index contributed by atoms with van der Waals surface area (Å²) in [4.78, 5) is 2.09. The topological polar surface area (TPSA) is 15.3 Å². The molecule has 0 aliphatic heterocycles. The van der Waals surface area contributed by atoms with Crippen LogP contribution >= 0.6 is 11.6 Å². The fourth-order valence-corrected chi connectivity index (χ4v) is 2.15. The average Bonchev–Trinajstić information content (AvgIpc) is 2.41. The van der Waals surface area contributed by atoms with Crippen LogP contribution in [0, 0.1) is 0 Å². The van der Waals surface area contributed by atoms with Crippen molar-refractivity contribution < 1.29 is 0 Å². The monoisotopic (exact) mass is 274 g/mol. The summed E-state index contributed by atoms with van der Waals surface area (Å²) < 4.78 is 0. The third kappa shape index (κ3) is 3.90. The Morgan fingerprint density at radius 3 is 2.32 bits per heavy atom. The van der Waals surface area contributed by atoms with E-state index in [1.807, 2.05) is 32.3 Å². The molecule has 100 valence electrons. The predicted octanol–water partition coefficient (Wildman–Crippen LogP) is 4.06. The second-order valence-electron chi connectivity index (χ2n) is 4.71. The van der Waals surface area contributed by atoms with Gasteiger partial charge in [-0.25, -0.2) is 0 Å². The van der Waals surface area contributed by atoms with Crippen molar-refractivity contribution in [2.75, 3.05) is 30.9 Å². The summed E-state index contributed by atoms with van der Waals surface area (Å²) in [6.07, 6.45) is 0.926. The minimum absolute atomic E-state index is 0.840. The molecule has 0 bridgehead atoms. The second kappa shape index (κ2) is 6.48. The number of rotatable bonds is 5. The molecule has 0 amide bonds. The molecule has 2 nitrogen and oxygen atoms in total. The number of hydrogen-bond donors (Lipinski definition) is 1. The van der Waals surface area contributed by atoms with Crippen LogP contribution in [0.2, 0.25) is 5.02 Å². The summed E-state index contributed by atoms with van der Waals surface area (Å²) in [7, 11) is 4.08. The van der Waals surface area contributed by atoms with Gasteiger partial charge >= 0.3 is 0 Å². The lowest BCUT2D eigenvalue weighted by Crippen LogP contribution is -2.09. The lowest BCUT2D eigenvalue weighted by atomic mass is 10.1. The Labute approximate surface area is 120 Å². The van der Waals surface area contributed by atoms with Gasteiger partial charge in [-0.05, 0) is 42.3 Å². The fraction of sp³-hybridized carbons (Fsp3) is 0.250. The average molecular weight is 275 g/mol. The molecule has 2 aromatic carbocycles. The molecule has 19 heavy (non-hydrogen) atoms. The number of halogens is 1. The summed E-state index contributed by atoms with van der Waals surface area (Å²) in [5.74, 6) is 0. The van der Waals surface area contributed by atoms with Crippen LogP contribution in [0.3, 0.4) is 0 Å². The van der Waals surface area contributed by atoms with Crippen LogP contribution < -0.4 is 10.2 Å². The maximum Gasteiger partial charge on any atom is 0.0438 e. The first-order valence-corrected chi connectivity index (χ1v) is 6.79. The van der Waals surface area contributed by atoms with Crippen LogP contribution in [0.15, 0.2) is 48.5 Å². The molecule has 0 saturated carbocycles. The summed E-state index contributed by atoms with van der Waals surface area (Å²) in [6.45, 7) is 0.880. The van der Waals surface area contributed by atoms with Gasteiger partial charge in [0.2, 0.25) is 0 Å². The molecule has 0 fully saturated rings. The summed E-state index contributed by atoms with van der Waals surface area (Å²) in [5.41, 5.74) is 3.52. The number of nitrogens with zero attached hydrogens (tertiary/aromatic N) is 1. The number of anilines is 2. The van der Waals surface area contributed by atoms with Gasteiger partial charge in [-0.15, -0.1) is 0 Å². The SMILES string of the molecule is CN(C)c1ccc(NCCc2ccccc2Cl)cc1. The third-order valence-corrected chi connectivity index (χ3v) is 3.43. The Hall–Kier alpha value is -1.67. The summed E-state index contributed by atoms with van der Waals surface area (Å²) >= 11 is 6.13. The molecule has 3 heteroatoms. The van der Waals surface area contributed by atoms with Crippen LogP contribution in [-0.2, 0) is 6.42 Å². The largest absolute Gasteiger partial charge is 0.385 e. The number of nitrogens with one attached hydrogen (secondary N) is 1. The standard InChI is InChI=1S/C16H19ClN2/c1-19(2)15-9-7-14(8-10-15)18-12-11-13-5-3-4-6-16(13)17/h3-10,18H,11-12H2,1-2H3. The van der Waals surface area contributed by atoms with Crippen LogP contribution in [0.1, 0.15) is 5.56 Å². The van der Waals surface area contributed by atoms with Crippen LogP contribution in [-0.4, -0.2) is 20.6 Å². The van der Waals surface area contributed by atoms with E-state index in [2.05, 4.69) is 40.5 Å². The van der Waals surface area contributed by atoms with Gasteiger partial charge in [0.25, 0.3) is 0 Å². The molecule has 0 heterocycles. The summed E-state index contributed by atoms with van der Waals surface area (Å²) in [6, 6.07) is 16.4. The van der Waals surface area contributed by atoms with Gasteiger partial charge in [0.1, 0.15) is 0 Å². The lowest BCUT2D eigenvalue weighted by Gasteiger charge is -2.13. The molecule has 0 spiro atoms. The molecule has 0 saturated heterocycles. The van der Waals surface area contributed by atoms with E-state index in [1.165, 1.54) is 11.3 Å². The van der Waals surface area contributed by atoms with Crippen molar-refractivity contribution in [1.29, 1.82) is 0 Å². The summed E-state index contributed by atoms with van der Waals surface area (Å²) in [5, 5.41) is 4.25. The maximum atomic E-state index is 6.13. The van der Waals surface area contributed by atoms with Gasteiger partial charge in [-0.1, -0.05) is 29.8 Å².